The Labute approximate surface area is 170 Å². The largest absolute Gasteiger partial charge is 0.354 e. The van der Waals surface area contributed by atoms with Crippen LogP contribution in [0.1, 0.15) is 37.7 Å². The first-order valence-corrected chi connectivity index (χ1v) is 12.0. The Balaban J connectivity index is 1.68. The Bertz CT molecular complexity index is 956. The Hall–Kier alpha value is -1.58. The minimum atomic E-state index is 0.322. The van der Waals surface area contributed by atoms with Gasteiger partial charge in [0.1, 0.15) is 0 Å². The molecule has 3 heteroatoms. The number of hydrogen-bond acceptors (Lipinski definition) is 2. The molecule has 0 unspecified atom stereocenters. The van der Waals surface area contributed by atoms with Crippen molar-refractivity contribution >= 4 is 40.5 Å². The maximum absolute atomic E-state index is 3.70. The van der Waals surface area contributed by atoms with Gasteiger partial charge in [0, 0.05) is 16.5 Å². The minimum absolute atomic E-state index is 0.322. The van der Waals surface area contributed by atoms with E-state index in [1.54, 1.807) is 5.57 Å². The number of H-pyrrole nitrogens is 1. The second-order valence-corrected chi connectivity index (χ2v) is 10.6. The molecular formula is C24H25NS2. The van der Waals surface area contributed by atoms with Gasteiger partial charge < -0.3 is 4.98 Å². The third-order valence-electron chi connectivity index (χ3n) is 5.78. The fraction of sp³-hybridized carbons (Fsp3) is 0.333. The van der Waals surface area contributed by atoms with Crippen molar-refractivity contribution in [1.82, 2.24) is 4.98 Å². The maximum Gasteiger partial charge on any atom is 0.0823 e. The quantitative estimate of drug-likeness (QED) is 0.491. The molecule has 1 aromatic heterocycles. The summed E-state index contributed by atoms with van der Waals surface area (Å²) in [7, 11) is 0. The van der Waals surface area contributed by atoms with Gasteiger partial charge in [0.2, 0.25) is 0 Å². The van der Waals surface area contributed by atoms with Crippen LogP contribution in [0.25, 0.3) is 28.2 Å². The van der Waals surface area contributed by atoms with E-state index in [9.17, 15) is 0 Å². The second-order valence-electron chi connectivity index (χ2n) is 7.51. The molecule has 1 aliphatic carbocycles. The van der Waals surface area contributed by atoms with Crippen molar-refractivity contribution in [3.8, 4) is 11.3 Å². The highest BCUT2D eigenvalue weighted by Gasteiger charge is 2.39. The molecule has 2 fully saturated rings. The first-order chi connectivity index (χ1) is 13.4. The molecule has 2 aromatic carbocycles. The van der Waals surface area contributed by atoms with Gasteiger partial charge in [-0.2, -0.15) is 0 Å². The molecule has 5 rings (SSSR count). The van der Waals surface area contributed by atoms with E-state index in [1.165, 1.54) is 71.3 Å². The van der Waals surface area contributed by atoms with Crippen molar-refractivity contribution in [3.05, 3.63) is 65.7 Å². The fourth-order valence-corrected chi connectivity index (χ4v) is 7.95. The molecule has 0 radical (unpaired) electrons. The molecule has 3 aromatic rings. The van der Waals surface area contributed by atoms with Crippen LogP contribution in [0, 0.1) is 0 Å². The lowest BCUT2D eigenvalue weighted by Gasteiger charge is -2.41. The Kier molecular flexibility index (Phi) is 4.83. The third-order valence-corrected chi connectivity index (χ3v) is 9.34. The maximum atomic E-state index is 3.70. The topological polar surface area (TPSA) is 15.8 Å². The lowest BCUT2D eigenvalue weighted by atomic mass is 9.91. The van der Waals surface area contributed by atoms with Crippen molar-refractivity contribution in [2.75, 3.05) is 11.5 Å². The number of aromatic amines is 1. The van der Waals surface area contributed by atoms with Gasteiger partial charge >= 0.3 is 0 Å². The van der Waals surface area contributed by atoms with Crippen LogP contribution in [0.2, 0.25) is 0 Å². The van der Waals surface area contributed by atoms with Crippen LogP contribution >= 0.6 is 23.5 Å². The number of para-hydroxylation sites is 1. The monoisotopic (exact) mass is 391 g/mol. The standard InChI is InChI=1S/C24H25NS2/c1-2-9-18(10-3-1)23-21(20-12-4-5-13-22(20)25-23)17-19-11-6-7-14-24(19)26-15-8-16-27-24/h1-5,9-10,12-13,17,25H,6-8,11,14-16H2/b19-17+. The summed E-state index contributed by atoms with van der Waals surface area (Å²) in [6, 6.07) is 19.5. The van der Waals surface area contributed by atoms with Crippen molar-refractivity contribution in [2.45, 2.75) is 36.2 Å². The lowest BCUT2D eigenvalue weighted by molar-refractivity contribution is 0.587. The van der Waals surface area contributed by atoms with Crippen LogP contribution in [0.4, 0.5) is 0 Å². The predicted molar refractivity (Wildman–Crippen MR) is 122 cm³/mol. The van der Waals surface area contributed by atoms with E-state index in [0.717, 1.165) is 0 Å². The molecule has 138 valence electrons. The van der Waals surface area contributed by atoms with Crippen molar-refractivity contribution in [3.63, 3.8) is 0 Å². The highest BCUT2D eigenvalue weighted by molar-refractivity contribution is 8.19. The zero-order chi connectivity index (χ0) is 18.1. The normalized spacial score (nSPS) is 21.1. The molecule has 0 amide bonds. The SMILES string of the molecule is C(=C1/CCCCC12SCCCS2)/c1c(-c2ccccc2)[nH]c2ccccc12. The average molecular weight is 392 g/mol. The zero-order valence-corrected chi connectivity index (χ0v) is 17.2. The van der Waals surface area contributed by atoms with Crippen LogP contribution in [-0.2, 0) is 0 Å². The van der Waals surface area contributed by atoms with Crippen LogP contribution in [-0.4, -0.2) is 20.6 Å². The summed E-state index contributed by atoms with van der Waals surface area (Å²) in [6.07, 6.45) is 9.18. The van der Waals surface area contributed by atoms with E-state index in [1.807, 2.05) is 0 Å². The van der Waals surface area contributed by atoms with Gasteiger partial charge in [-0.3, -0.25) is 0 Å². The summed E-state index contributed by atoms with van der Waals surface area (Å²) in [5.74, 6) is 2.62. The lowest BCUT2D eigenvalue weighted by Crippen LogP contribution is -2.30. The summed E-state index contributed by atoms with van der Waals surface area (Å²) in [4.78, 5) is 3.70. The molecule has 2 aliphatic rings. The fourth-order valence-electron chi connectivity index (χ4n) is 4.43. The summed E-state index contributed by atoms with van der Waals surface area (Å²) in [5, 5.41) is 1.34. The molecule has 0 bridgehead atoms. The molecule has 1 saturated heterocycles. The smallest absolute Gasteiger partial charge is 0.0823 e. The number of benzene rings is 2. The van der Waals surface area contributed by atoms with E-state index in [2.05, 4.69) is 89.2 Å². The van der Waals surface area contributed by atoms with Crippen LogP contribution in [0.15, 0.2) is 60.2 Å². The molecule has 1 nitrogen and oxygen atoms in total. The number of aromatic nitrogens is 1. The van der Waals surface area contributed by atoms with Crippen LogP contribution in [0.5, 0.6) is 0 Å². The Morgan fingerprint density at radius 2 is 1.63 bits per heavy atom. The van der Waals surface area contributed by atoms with Gasteiger partial charge in [0.05, 0.1) is 9.77 Å². The van der Waals surface area contributed by atoms with E-state index in [0.29, 0.717) is 4.08 Å². The second kappa shape index (κ2) is 7.44. The van der Waals surface area contributed by atoms with Gasteiger partial charge in [-0.1, -0.05) is 61.0 Å². The summed E-state index contributed by atoms with van der Waals surface area (Å²) >= 11 is 4.42. The van der Waals surface area contributed by atoms with Crippen molar-refractivity contribution in [2.24, 2.45) is 0 Å². The number of nitrogens with one attached hydrogen (secondary N) is 1. The van der Waals surface area contributed by atoms with E-state index in [-0.39, 0.29) is 0 Å². The first-order valence-electron chi connectivity index (χ1n) is 10.0. The van der Waals surface area contributed by atoms with E-state index >= 15 is 0 Å². The first kappa shape index (κ1) is 17.5. The molecule has 0 atom stereocenters. The molecule has 27 heavy (non-hydrogen) atoms. The number of thioether (sulfide) groups is 2. The van der Waals surface area contributed by atoms with Crippen LogP contribution in [0.3, 0.4) is 0 Å². The van der Waals surface area contributed by atoms with Gasteiger partial charge in [0.25, 0.3) is 0 Å². The van der Waals surface area contributed by atoms with Crippen molar-refractivity contribution in [1.29, 1.82) is 0 Å². The average Bonchev–Trinajstić information content (AvgIpc) is 3.10. The summed E-state index contributed by atoms with van der Waals surface area (Å²) in [5.41, 5.74) is 6.80. The van der Waals surface area contributed by atoms with Crippen molar-refractivity contribution < 1.29 is 0 Å². The Morgan fingerprint density at radius 3 is 2.48 bits per heavy atom. The van der Waals surface area contributed by atoms with Gasteiger partial charge in [-0.15, -0.1) is 23.5 Å². The number of rotatable bonds is 2. The molecule has 1 saturated carbocycles. The minimum Gasteiger partial charge on any atom is -0.354 e. The number of fused-ring (bicyclic) bond motifs is 1. The van der Waals surface area contributed by atoms with Gasteiger partial charge in [-0.25, -0.2) is 0 Å². The van der Waals surface area contributed by atoms with Gasteiger partial charge in [-0.05, 0) is 54.4 Å². The predicted octanol–water partition coefficient (Wildman–Crippen LogP) is 7.36. The molecule has 2 heterocycles. The molecular weight excluding hydrogens is 366 g/mol. The van der Waals surface area contributed by atoms with E-state index < -0.39 is 0 Å². The summed E-state index contributed by atoms with van der Waals surface area (Å²) < 4.78 is 0.322. The highest BCUT2D eigenvalue weighted by Crippen LogP contribution is 2.55. The summed E-state index contributed by atoms with van der Waals surface area (Å²) in [6.45, 7) is 0. The number of hydrogen-bond donors (Lipinski definition) is 1. The van der Waals surface area contributed by atoms with Crippen LogP contribution < -0.4 is 0 Å². The molecule has 1 spiro atoms. The zero-order valence-electron chi connectivity index (χ0n) is 15.5. The highest BCUT2D eigenvalue weighted by atomic mass is 32.2. The third kappa shape index (κ3) is 3.25. The Morgan fingerprint density at radius 1 is 0.852 bits per heavy atom. The molecule has 1 N–H and O–H groups in total. The van der Waals surface area contributed by atoms with E-state index in [4.69, 9.17) is 0 Å². The molecule has 1 aliphatic heterocycles. The van der Waals surface area contributed by atoms with Gasteiger partial charge in [0.15, 0.2) is 0 Å².